The van der Waals surface area contributed by atoms with E-state index in [1.807, 2.05) is 61.5 Å². The summed E-state index contributed by atoms with van der Waals surface area (Å²) in [6.45, 7) is 1.98. The molecule has 0 saturated carbocycles. The lowest BCUT2D eigenvalue weighted by atomic mass is 10.1. The molecule has 0 aliphatic rings. The summed E-state index contributed by atoms with van der Waals surface area (Å²) in [4.78, 5) is 13.2. The zero-order chi connectivity index (χ0) is 22.7. The van der Waals surface area contributed by atoms with Crippen molar-refractivity contribution in [3.05, 3.63) is 102 Å². The van der Waals surface area contributed by atoms with Crippen molar-refractivity contribution in [2.24, 2.45) is 5.14 Å². The summed E-state index contributed by atoms with van der Waals surface area (Å²) in [5.74, 6) is -0.659. The van der Waals surface area contributed by atoms with E-state index < -0.39 is 10.0 Å². The smallest absolute Gasteiger partial charge is 0.259 e. The van der Waals surface area contributed by atoms with Gasteiger partial charge in [-0.3, -0.25) is 4.79 Å². The summed E-state index contributed by atoms with van der Waals surface area (Å²) in [5, 5.41) is 12.7. The van der Waals surface area contributed by atoms with Gasteiger partial charge >= 0.3 is 0 Å². The van der Waals surface area contributed by atoms with Crippen molar-refractivity contribution >= 4 is 21.6 Å². The number of sulfonamides is 1. The Bertz CT molecular complexity index is 1380. The van der Waals surface area contributed by atoms with Crippen molar-refractivity contribution < 1.29 is 13.2 Å². The number of para-hydroxylation sites is 1. The Kier molecular flexibility index (Phi) is 5.89. The van der Waals surface area contributed by atoms with E-state index in [0.29, 0.717) is 22.5 Å². The Morgan fingerprint density at radius 3 is 2.47 bits per heavy atom. The maximum absolute atomic E-state index is 13.2. The quantitative estimate of drug-likeness (QED) is 0.468. The molecule has 1 aromatic heterocycles. The zero-order valence-electron chi connectivity index (χ0n) is 17.4. The van der Waals surface area contributed by atoms with Gasteiger partial charge in [0.1, 0.15) is 5.69 Å². The molecule has 3 aromatic carbocycles. The Balaban J connectivity index is 1.71. The number of aryl methyl sites for hydroxylation is 1. The maximum Gasteiger partial charge on any atom is 0.259 e. The lowest BCUT2D eigenvalue weighted by Crippen LogP contribution is -2.15. The third kappa shape index (κ3) is 5.11. The van der Waals surface area contributed by atoms with Crippen LogP contribution < -0.4 is 10.5 Å². The highest BCUT2D eigenvalue weighted by atomic mass is 32.2. The summed E-state index contributed by atoms with van der Waals surface area (Å²) in [5.41, 5.74) is 4.62. The van der Waals surface area contributed by atoms with Gasteiger partial charge in [0.25, 0.3) is 5.91 Å². The molecule has 1 heterocycles. The van der Waals surface area contributed by atoms with Crippen LogP contribution in [0.2, 0.25) is 0 Å². The molecule has 8 heteroatoms. The van der Waals surface area contributed by atoms with E-state index in [-0.39, 0.29) is 11.7 Å². The van der Waals surface area contributed by atoms with Crippen LogP contribution in [0.15, 0.2) is 85.1 Å². The third-order valence-corrected chi connectivity index (χ3v) is 5.56. The van der Waals surface area contributed by atoms with Gasteiger partial charge in [-0.2, -0.15) is 5.10 Å². The molecule has 0 aliphatic carbocycles. The van der Waals surface area contributed by atoms with Crippen molar-refractivity contribution in [1.29, 1.82) is 0 Å². The number of aromatic nitrogens is 2. The number of carbonyl (C=O) groups is 1. The van der Waals surface area contributed by atoms with E-state index in [1.165, 1.54) is 0 Å². The van der Waals surface area contributed by atoms with Gasteiger partial charge in [-0.15, -0.1) is 0 Å². The van der Waals surface area contributed by atoms with E-state index in [9.17, 15) is 13.2 Å². The van der Waals surface area contributed by atoms with Gasteiger partial charge in [0.2, 0.25) is 10.0 Å². The summed E-state index contributed by atoms with van der Waals surface area (Å²) >= 11 is 0. The number of rotatable bonds is 6. The molecule has 32 heavy (non-hydrogen) atoms. The Hall–Kier alpha value is -3.75. The summed E-state index contributed by atoms with van der Waals surface area (Å²) < 4.78 is 24.5. The second-order valence-corrected chi connectivity index (χ2v) is 9.12. The van der Waals surface area contributed by atoms with E-state index in [1.54, 1.807) is 35.1 Å². The average molecular weight is 447 g/mol. The first-order chi connectivity index (χ1) is 15.3. The molecule has 4 aromatic rings. The van der Waals surface area contributed by atoms with E-state index in [2.05, 4.69) is 10.4 Å². The van der Waals surface area contributed by atoms with E-state index in [4.69, 9.17) is 5.14 Å². The first-order valence-corrected chi connectivity index (χ1v) is 11.6. The van der Waals surface area contributed by atoms with Crippen LogP contribution in [0.5, 0.6) is 0 Å². The molecule has 3 N–H and O–H groups in total. The number of benzene rings is 3. The second-order valence-electron chi connectivity index (χ2n) is 7.50. The molecular weight excluding hydrogens is 424 g/mol. The Morgan fingerprint density at radius 1 is 1.00 bits per heavy atom. The van der Waals surface area contributed by atoms with Gasteiger partial charge in [0.15, 0.2) is 0 Å². The Labute approximate surface area is 186 Å². The molecule has 0 aliphatic heterocycles. The van der Waals surface area contributed by atoms with Crippen molar-refractivity contribution in [3.8, 4) is 16.9 Å². The van der Waals surface area contributed by atoms with Gasteiger partial charge in [-0.1, -0.05) is 54.1 Å². The number of nitrogens with one attached hydrogen (secondary N) is 1. The number of primary sulfonamides is 1. The van der Waals surface area contributed by atoms with E-state index >= 15 is 0 Å². The number of nitrogens with zero attached hydrogens (tertiary/aromatic N) is 2. The maximum atomic E-state index is 13.2. The highest BCUT2D eigenvalue weighted by Gasteiger charge is 2.19. The number of carbonyl (C=O) groups excluding carboxylic acids is 1. The molecule has 4 rings (SSSR count). The predicted octanol–water partition coefficient (Wildman–Crippen LogP) is 3.89. The molecule has 1 amide bonds. The third-order valence-electron chi connectivity index (χ3n) is 4.82. The molecule has 0 unspecified atom stereocenters. The SMILES string of the molecule is Cc1cccc(-c2nn(-c3ccccc3)cc2C(=O)Nc2cccc(CS(N)(=O)=O)c2)c1. The number of hydrogen-bond acceptors (Lipinski definition) is 4. The van der Waals surface area contributed by atoms with Gasteiger partial charge in [0, 0.05) is 17.4 Å². The normalized spacial score (nSPS) is 11.3. The van der Waals surface area contributed by atoms with Crippen LogP contribution in [0.3, 0.4) is 0 Å². The van der Waals surface area contributed by atoms with Crippen LogP contribution in [0.25, 0.3) is 16.9 Å². The van der Waals surface area contributed by atoms with Crippen LogP contribution in [-0.2, 0) is 15.8 Å². The second kappa shape index (κ2) is 8.78. The number of nitrogens with two attached hydrogens (primary N) is 1. The predicted molar refractivity (Wildman–Crippen MR) is 125 cm³/mol. The van der Waals surface area contributed by atoms with Crippen molar-refractivity contribution in [3.63, 3.8) is 0 Å². The van der Waals surface area contributed by atoms with Gasteiger partial charge in [0.05, 0.1) is 17.0 Å². The standard InChI is InChI=1S/C24H22N4O3S/c1-17-7-5-9-19(13-17)23-22(15-28(27-23)21-11-3-2-4-12-21)24(29)26-20-10-6-8-18(14-20)16-32(25,30)31/h2-15H,16H2,1H3,(H,26,29)(H2,25,30,31). The van der Waals surface area contributed by atoms with Crippen LogP contribution in [0, 0.1) is 6.92 Å². The molecule has 0 saturated heterocycles. The van der Waals surface area contributed by atoms with Gasteiger partial charge in [-0.25, -0.2) is 18.2 Å². The highest BCUT2D eigenvalue weighted by Crippen LogP contribution is 2.26. The highest BCUT2D eigenvalue weighted by molar-refractivity contribution is 7.88. The average Bonchev–Trinajstić information content (AvgIpc) is 3.19. The molecular formula is C24H22N4O3S. The minimum atomic E-state index is -3.67. The largest absolute Gasteiger partial charge is 0.322 e. The van der Waals surface area contributed by atoms with Gasteiger partial charge in [-0.05, 0) is 42.8 Å². The number of hydrogen-bond donors (Lipinski definition) is 2. The number of anilines is 1. The fourth-order valence-electron chi connectivity index (χ4n) is 3.43. The molecule has 7 nitrogen and oxygen atoms in total. The molecule has 0 radical (unpaired) electrons. The summed E-state index contributed by atoms with van der Waals surface area (Å²) in [6, 6.07) is 23.9. The monoisotopic (exact) mass is 446 g/mol. The summed E-state index contributed by atoms with van der Waals surface area (Å²) in [6.07, 6.45) is 1.69. The van der Waals surface area contributed by atoms with Crippen LogP contribution in [-0.4, -0.2) is 24.1 Å². The van der Waals surface area contributed by atoms with Crippen LogP contribution in [0.1, 0.15) is 21.5 Å². The molecule has 162 valence electrons. The topological polar surface area (TPSA) is 107 Å². The molecule has 0 spiro atoms. The lowest BCUT2D eigenvalue weighted by molar-refractivity contribution is 0.102. The molecule has 0 bridgehead atoms. The van der Waals surface area contributed by atoms with Crippen molar-refractivity contribution in [2.45, 2.75) is 12.7 Å². The molecule has 0 atom stereocenters. The number of amides is 1. The fourth-order valence-corrected chi connectivity index (χ4v) is 4.07. The Morgan fingerprint density at radius 2 is 1.75 bits per heavy atom. The van der Waals surface area contributed by atoms with Crippen molar-refractivity contribution in [1.82, 2.24) is 9.78 Å². The minimum absolute atomic E-state index is 0.308. The lowest BCUT2D eigenvalue weighted by Gasteiger charge is -2.08. The minimum Gasteiger partial charge on any atom is -0.322 e. The van der Waals surface area contributed by atoms with Crippen LogP contribution in [0.4, 0.5) is 5.69 Å². The summed E-state index contributed by atoms with van der Waals surface area (Å²) in [7, 11) is -3.67. The zero-order valence-corrected chi connectivity index (χ0v) is 18.2. The van der Waals surface area contributed by atoms with Gasteiger partial charge < -0.3 is 5.32 Å². The van der Waals surface area contributed by atoms with E-state index in [0.717, 1.165) is 16.8 Å². The first kappa shape index (κ1) is 21.5. The fraction of sp³-hybridized carbons (Fsp3) is 0.0833. The molecule has 0 fully saturated rings. The van der Waals surface area contributed by atoms with Crippen molar-refractivity contribution in [2.75, 3.05) is 5.32 Å². The first-order valence-electron chi connectivity index (χ1n) is 9.91. The van der Waals surface area contributed by atoms with Crippen LogP contribution >= 0.6 is 0 Å².